The summed E-state index contributed by atoms with van der Waals surface area (Å²) in [6.45, 7) is 21.8. The molecule has 2 N–H and O–H groups in total. The molecule has 6 heteroatoms. The van der Waals surface area contributed by atoms with Crippen molar-refractivity contribution in [2.75, 3.05) is 7.11 Å². The third-order valence-electron chi connectivity index (χ3n) is 11.8. The van der Waals surface area contributed by atoms with Gasteiger partial charge in [0.2, 0.25) is 0 Å². The fourth-order valence-electron chi connectivity index (χ4n) is 9.99. The summed E-state index contributed by atoms with van der Waals surface area (Å²) in [5, 5.41) is 22.2. The van der Waals surface area contributed by atoms with E-state index in [0.717, 1.165) is 36.8 Å². The fourth-order valence-corrected chi connectivity index (χ4v) is 9.99. The van der Waals surface area contributed by atoms with Gasteiger partial charge in [0.05, 0.1) is 12.2 Å². The van der Waals surface area contributed by atoms with Crippen molar-refractivity contribution >= 4 is 12.4 Å². The Hall–Kier alpha value is -1.66. The van der Waals surface area contributed by atoms with Crippen molar-refractivity contribution in [2.45, 2.75) is 139 Å². The molecule has 0 aromatic carbocycles. The molecule has 0 aromatic rings. The maximum atomic E-state index is 12.6. The molecule has 0 radical (unpaired) electrons. The molecule has 0 heterocycles. The predicted octanol–water partition coefficient (Wildman–Crippen LogP) is 7.98. The minimum Gasteiger partial charge on any atom is -0.478 e. The van der Waals surface area contributed by atoms with Crippen molar-refractivity contribution in [3.05, 3.63) is 22.8 Å². The topological polar surface area (TPSA) is 93.1 Å². The zero-order valence-electron chi connectivity index (χ0n) is 27.9. The number of allylic oxidation sites excluding steroid dienone is 2. The molecule has 0 aromatic heterocycles. The molecule has 236 valence electrons. The molecule has 0 spiro atoms. The van der Waals surface area contributed by atoms with Crippen molar-refractivity contribution in [3.8, 4) is 0 Å². The predicted molar refractivity (Wildman–Crippen MR) is 165 cm³/mol. The number of carboxylic acids is 1. The van der Waals surface area contributed by atoms with Gasteiger partial charge in [-0.05, 0) is 111 Å². The summed E-state index contributed by atoms with van der Waals surface area (Å²) in [5.41, 5.74) is 1.77. The van der Waals surface area contributed by atoms with Gasteiger partial charge in [-0.2, -0.15) is 0 Å². The van der Waals surface area contributed by atoms with Gasteiger partial charge < -0.3 is 19.7 Å². The Balaban J connectivity index is 0.00000141. The van der Waals surface area contributed by atoms with Crippen LogP contribution in [0, 0.1) is 39.9 Å². The van der Waals surface area contributed by atoms with E-state index >= 15 is 0 Å². The summed E-state index contributed by atoms with van der Waals surface area (Å²) in [5.74, 6) is -0.0408. The minimum absolute atomic E-state index is 0.0125. The van der Waals surface area contributed by atoms with E-state index in [0.29, 0.717) is 49.6 Å². The van der Waals surface area contributed by atoms with Gasteiger partial charge in [-0.3, -0.25) is 4.79 Å². The van der Waals surface area contributed by atoms with E-state index in [9.17, 15) is 19.8 Å². The molecule has 41 heavy (non-hydrogen) atoms. The first-order chi connectivity index (χ1) is 19.4. The van der Waals surface area contributed by atoms with Crippen molar-refractivity contribution in [1.29, 1.82) is 0 Å². The van der Waals surface area contributed by atoms with Gasteiger partial charge in [0.15, 0.2) is 0 Å². The Morgan fingerprint density at radius 2 is 1.68 bits per heavy atom. The van der Waals surface area contributed by atoms with Crippen LogP contribution in [-0.4, -0.2) is 48.1 Å². The van der Waals surface area contributed by atoms with Crippen molar-refractivity contribution < 1.29 is 29.3 Å². The van der Waals surface area contributed by atoms with Crippen LogP contribution in [0.3, 0.4) is 0 Å². The largest absolute Gasteiger partial charge is 0.478 e. The third-order valence-corrected chi connectivity index (χ3v) is 11.8. The molecule has 10 unspecified atom stereocenters. The third kappa shape index (κ3) is 6.07. The van der Waals surface area contributed by atoms with Crippen LogP contribution in [0.15, 0.2) is 22.8 Å². The van der Waals surface area contributed by atoms with Crippen LogP contribution in [0.5, 0.6) is 0 Å². The first-order valence-electron chi connectivity index (χ1n) is 16.2. The van der Waals surface area contributed by atoms with E-state index in [1.807, 2.05) is 48.7 Å². The summed E-state index contributed by atoms with van der Waals surface area (Å²) < 4.78 is 11.5. The van der Waals surface area contributed by atoms with Gasteiger partial charge in [0.25, 0.3) is 6.47 Å². The van der Waals surface area contributed by atoms with E-state index in [4.69, 9.17) is 9.47 Å². The number of methoxy groups -OCH3 is 1. The molecule has 6 nitrogen and oxygen atoms in total. The molecular weight excluding hydrogens is 516 g/mol. The zero-order valence-corrected chi connectivity index (χ0v) is 27.9. The second-order valence-electron chi connectivity index (χ2n) is 13.5. The lowest BCUT2D eigenvalue weighted by atomic mass is 9.36. The van der Waals surface area contributed by atoms with E-state index in [1.165, 1.54) is 0 Å². The molecular formula is C35H60O6. The maximum absolute atomic E-state index is 12.6. The van der Waals surface area contributed by atoms with Crippen LogP contribution in [-0.2, 0) is 19.1 Å². The fraction of sp³-hybridized carbons (Fsp3) is 0.829. The Morgan fingerprint density at radius 1 is 1.05 bits per heavy atom. The molecule has 0 aliphatic heterocycles. The quantitative estimate of drug-likeness (QED) is 0.181. The molecule has 0 amide bonds. The van der Waals surface area contributed by atoms with E-state index < -0.39 is 18.2 Å². The summed E-state index contributed by atoms with van der Waals surface area (Å²) in [6, 6.07) is 0. The molecule has 4 fully saturated rings. The Bertz CT molecular complexity index is 966. The SMILES string of the molecule is CC.CC.COC1CCC2(C)C(CCC3(C)C2C(O)CC2/C(=C(\CCC=C(C)C)C(=O)O)C(OC=O)CC23C)C1C. The number of aliphatic carboxylic acids is 1. The Labute approximate surface area is 250 Å². The van der Waals surface area contributed by atoms with Crippen LogP contribution in [0.4, 0.5) is 0 Å². The van der Waals surface area contributed by atoms with Gasteiger partial charge in [-0.25, -0.2) is 4.79 Å². The highest BCUT2D eigenvalue weighted by atomic mass is 16.5. The highest BCUT2D eigenvalue weighted by Gasteiger charge is 2.70. The standard InChI is InChI=1S/C31H48O6.2C2H6/c1-18(2)9-8-10-20(28(34)35)26-22-15-23(33)27-29(4)13-12-24(36-7)19(3)21(29)11-14-30(27,5)31(22,6)16-25(26)37-17-32;2*1-2/h9,17,19,21-25,27,33H,8,10-16H2,1-7H3,(H,34,35);2*1-2H3/b26-20-;;. The summed E-state index contributed by atoms with van der Waals surface area (Å²) in [4.78, 5) is 24.2. The number of fused-ring (bicyclic) bond motifs is 5. The summed E-state index contributed by atoms with van der Waals surface area (Å²) in [6.07, 6.45) is 7.47. The minimum atomic E-state index is -0.940. The molecule has 4 aliphatic rings. The molecule has 4 rings (SSSR count). The molecule has 0 saturated heterocycles. The number of aliphatic hydroxyl groups is 1. The number of hydrogen-bond donors (Lipinski definition) is 2. The zero-order chi connectivity index (χ0) is 31.3. The van der Waals surface area contributed by atoms with Gasteiger partial charge >= 0.3 is 5.97 Å². The van der Waals surface area contributed by atoms with E-state index in [-0.39, 0.29) is 34.2 Å². The number of carboxylic acid groups (broad SMARTS) is 1. The van der Waals surface area contributed by atoms with Gasteiger partial charge in [0.1, 0.15) is 6.10 Å². The van der Waals surface area contributed by atoms with Gasteiger partial charge in [0, 0.05) is 12.7 Å². The van der Waals surface area contributed by atoms with Crippen LogP contribution >= 0.6 is 0 Å². The second kappa shape index (κ2) is 14.2. The Morgan fingerprint density at radius 3 is 2.22 bits per heavy atom. The van der Waals surface area contributed by atoms with Crippen molar-refractivity contribution in [3.63, 3.8) is 0 Å². The number of ether oxygens (including phenoxy) is 2. The maximum Gasteiger partial charge on any atom is 0.331 e. The van der Waals surface area contributed by atoms with E-state index in [1.54, 1.807) is 0 Å². The smallest absolute Gasteiger partial charge is 0.331 e. The number of aliphatic hydroxyl groups excluding tert-OH is 1. The first kappa shape index (κ1) is 35.5. The summed E-state index contributed by atoms with van der Waals surface area (Å²) in [7, 11) is 1.81. The number of carbonyl (C=O) groups is 2. The number of carbonyl (C=O) groups excluding carboxylic acids is 1. The molecule has 10 atom stereocenters. The van der Waals surface area contributed by atoms with Gasteiger partial charge in [-0.1, -0.05) is 67.0 Å². The normalized spacial score (nSPS) is 42.0. The first-order valence-corrected chi connectivity index (χ1v) is 16.2. The lowest BCUT2D eigenvalue weighted by Gasteiger charge is -2.69. The number of hydrogen-bond acceptors (Lipinski definition) is 5. The van der Waals surface area contributed by atoms with Crippen LogP contribution < -0.4 is 0 Å². The average Bonchev–Trinajstić information content (AvgIpc) is 3.20. The van der Waals surface area contributed by atoms with Crippen molar-refractivity contribution in [2.24, 2.45) is 39.9 Å². The monoisotopic (exact) mass is 576 g/mol. The summed E-state index contributed by atoms with van der Waals surface area (Å²) >= 11 is 0. The van der Waals surface area contributed by atoms with Gasteiger partial charge in [-0.15, -0.1) is 0 Å². The molecule has 4 aliphatic carbocycles. The average molecular weight is 577 g/mol. The highest BCUT2D eigenvalue weighted by molar-refractivity contribution is 5.88. The lowest BCUT2D eigenvalue weighted by Crippen LogP contribution is -2.65. The van der Waals surface area contributed by atoms with Crippen LogP contribution in [0.2, 0.25) is 0 Å². The molecule has 0 bridgehead atoms. The van der Waals surface area contributed by atoms with Crippen LogP contribution in [0.1, 0.15) is 121 Å². The lowest BCUT2D eigenvalue weighted by molar-refractivity contribution is -0.235. The van der Waals surface area contributed by atoms with Crippen molar-refractivity contribution in [1.82, 2.24) is 0 Å². The van der Waals surface area contributed by atoms with E-state index in [2.05, 4.69) is 33.8 Å². The van der Waals surface area contributed by atoms with Crippen LogP contribution in [0.25, 0.3) is 0 Å². The highest BCUT2D eigenvalue weighted by Crippen LogP contribution is 2.74. The molecule has 4 saturated carbocycles. The Kier molecular flexibility index (Phi) is 12.3. The second-order valence-corrected chi connectivity index (χ2v) is 13.5. The number of rotatable bonds is 7.